The Hall–Kier alpha value is -0.610. The van der Waals surface area contributed by atoms with Gasteiger partial charge in [0.05, 0.1) is 6.04 Å². The van der Waals surface area contributed by atoms with E-state index in [1.807, 2.05) is 0 Å². The number of carbonyl (C=O) groups excluding carboxylic acids is 1. The zero-order valence-electron chi connectivity index (χ0n) is 12.4. The molecule has 3 atom stereocenters. The predicted molar refractivity (Wildman–Crippen MR) is 77.8 cm³/mol. The van der Waals surface area contributed by atoms with E-state index >= 15 is 0 Å². The average molecular weight is 267 g/mol. The molecule has 4 heteroatoms. The number of rotatable bonds is 5. The maximum Gasteiger partial charge on any atom is 0.235 e. The Kier molecular flexibility index (Phi) is 5.22. The zero-order chi connectivity index (χ0) is 13.8. The highest BCUT2D eigenvalue weighted by Gasteiger charge is 2.32. The molecule has 0 aromatic carbocycles. The molecule has 3 unspecified atom stereocenters. The van der Waals surface area contributed by atoms with Crippen molar-refractivity contribution in [3.63, 3.8) is 0 Å². The first-order chi connectivity index (χ1) is 9.06. The first-order valence-corrected chi connectivity index (χ1v) is 7.84. The fraction of sp³-hybridized carbons (Fsp3) is 0.933. The fourth-order valence-electron chi connectivity index (χ4n) is 3.73. The SMILES string of the molecule is CC(C)NC(CN1CCC2CCCCC2C1)C(N)=O. The molecule has 110 valence electrons. The summed E-state index contributed by atoms with van der Waals surface area (Å²) in [7, 11) is 0. The van der Waals surface area contributed by atoms with Crippen LogP contribution in [0, 0.1) is 11.8 Å². The monoisotopic (exact) mass is 267 g/mol. The number of hydrogen-bond donors (Lipinski definition) is 2. The van der Waals surface area contributed by atoms with Crippen molar-refractivity contribution in [2.75, 3.05) is 19.6 Å². The number of nitrogens with two attached hydrogens (primary N) is 1. The second kappa shape index (κ2) is 6.71. The number of nitrogens with one attached hydrogen (secondary N) is 1. The number of carbonyl (C=O) groups is 1. The van der Waals surface area contributed by atoms with Gasteiger partial charge in [-0.1, -0.05) is 33.1 Å². The van der Waals surface area contributed by atoms with Gasteiger partial charge in [0.1, 0.15) is 0 Å². The molecule has 2 fully saturated rings. The molecule has 1 saturated heterocycles. The first kappa shape index (κ1) is 14.8. The molecule has 1 aliphatic heterocycles. The van der Waals surface area contributed by atoms with Gasteiger partial charge >= 0.3 is 0 Å². The Morgan fingerprint density at radius 2 is 1.95 bits per heavy atom. The van der Waals surface area contributed by atoms with Crippen molar-refractivity contribution in [3.05, 3.63) is 0 Å². The molecule has 1 heterocycles. The topological polar surface area (TPSA) is 58.4 Å². The van der Waals surface area contributed by atoms with Crippen LogP contribution in [0.1, 0.15) is 46.0 Å². The van der Waals surface area contributed by atoms with Crippen molar-refractivity contribution in [2.24, 2.45) is 17.6 Å². The van der Waals surface area contributed by atoms with Crippen molar-refractivity contribution >= 4 is 5.91 Å². The third-order valence-electron chi connectivity index (χ3n) is 4.69. The molecule has 0 spiro atoms. The third-order valence-corrected chi connectivity index (χ3v) is 4.69. The summed E-state index contributed by atoms with van der Waals surface area (Å²) in [4.78, 5) is 14.0. The maximum atomic E-state index is 11.5. The summed E-state index contributed by atoms with van der Waals surface area (Å²) in [5.41, 5.74) is 5.51. The van der Waals surface area contributed by atoms with E-state index in [0.29, 0.717) is 6.04 Å². The van der Waals surface area contributed by atoms with Gasteiger partial charge in [0.2, 0.25) is 5.91 Å². The van der Waals surface area contributed by atoms with Crippen molar-refractivity contribution in [1.29, 1.82) is 0 Å². The minimum Gasteiger partial charge on any atom is -0.368 e. The molecule has 0 aromatic rings. The molecule has 0 aromatic heterocycles. The van der Waals surface area contributed by atoms with Crippen LogP contribution in [0.15, 0.2) is 0 Å². The molecule has 1 amide bonds. The summed E-state index contributed by atoms with van der Waals surface area (Å²) >= 11 is 0. The van der Waals surface area contributed by atoms with E-state index in [-0.39, 0.29) is 11.9 Å². The highest BCUT2D eigenvalue weighted by atomic mass is 16.1. The molecule has 0 radical (unpaired) electrons. The van der Waals surface area contributed by atoms with E-state index < -0.39 is 0 Å². The largest absolute Gasteiger partial charge is 0.368 e. The summed E-state index contributed by atoms with van der Waals surface area (Å²) in [6.45, 7) is 7.18. The quantitative estimate of drug-likeness (QED) is 0.790. The average Bonchev–Trinajstić information content (AvgIpc) is 2.37. The number of fused-ring (bicyclic) bond motifs is 1. The summed E-state index contributed by atoms with van der Waals surface area (Å²) in [5, 5.41) is 3.28. The van der Waals surface area contributed by atoms with Crippen molar-refractivity contribution in [3.8, 4) is 0 Å². The second-order valence-corrected chi connectivity index (χ2v) is 6.63. The number of nitrogens with zero attached hydrogens (tertiary/aromatic N) is 1. The standard InChI is InChI=1S/C15H29N3O/c1-11(2)17-14(15(16)19)10-18-8-7-12-5-3-4-6-13(12)9-18/h11-14,17H,3-10H2,1-2H3,(H2,16,19). The van der Waals surface area contributed by atoms with Crippen LogP contribution in [0.25, 0.3) is 0 Å². The molecule has 19 heavy (non-hydrogen) atoms. The molecule has 3 N–H and O–H groups in total. The zero-order valence-corrected chi connectivity index (χ0v) is 12.4. The van der Waals surface area contributed by atoms with E-state index in [1.54, 1.807) is 0 Å². The van der Waals surface area contributed by atoms with Gasteiger partial charge in [-0.05, 0) is 31.2 Å². The van der Waals surface area contributed by atoms with E-state index in [2.05, 4.69) is 24.1 Å². The number of primary amides is 1. The van der Waals surface area contributed by atoms with Crippen LogP contribution in [0.2, 0.25) is 0 Å². The Bertz CT molecular complexity index is 306. The Morgan fingerprint density at radius 3 is 2.58 bits per heavy atom. The van der Waals surface area contributed by atoms with Gasteiger partial charge in [0.15, 0.2) is 0 Å². The van der Waals surface area contributed by atoms with Crippen LogP contribution < -0.4 is 11.1 Å². The molecular formula is C15H29N3O. The van der Waals surface area contributed by atoms with Crippen LogP contribution in [-0.4, -0.2) is 42.5 Å². The Labute approximate surface area is 117 Å². The van der Waals surface area contributed by atoms with Gasteiger partial charge in [-0.25, -0.2) is 0 Å². The smallest absolute Gasteiger partial charge is 0.235 e. The molecule has 0 bridgehead atoms. The Balaban J connectivity index is 1.86. The summed E-state index contributed by atoms with van der Waals surface area (Å²) in [6.07, 6.45) is 6.90. The van der Waals surface area contributed by atoms with E-state index in [1.165, 1.54) is 32.1 Å². The molecule has 4 nitrogen and oxygen atoms in total. The second-order valence-electron chi connectivity index (χ2n) is 6.63. The van der Waals surface area contributed by atoms with Gasteiger partial charge < -0.3 is 16.0 Å². The summed E-state index contributed by atoms with van der Waals surface area (Å²) < 4.78 is 0. The molecule has 2 aliphatic rings. The highest BCUT2D eigenvalue weighted by molar-refractivity contribution is 5.80. The molecule has 2 rings (SSSR count). The highest BCUT2D eigenvalue weighted by Crippen LogP contribution is 2.35. The minimum absolute atomic E-state index is 0.208. The van der Waals surface area contributed by atoms with Gasteiger partial charge in [-0.3, -0.25) is 4.79 Å². The lowest BCUT2D eigenvalue weighted by atomic mass is 9.75. The van der Waals surface area contributed by atoms with Crippen LogP contribution >= 0.6 is 0 Å². The molecule has 1 saturated carbocycles. The lowest BCUT2D eigenvalue weighted by Crippen LogP contribution is -2.53. The number of piperidine rings is 1. The first-order valence-electron chi connectivity index (χ1n) is 7.84. The normalized spacial score (nSPS) is 30.1. The lowest BCUT2D eigenvalue weighted by Gasteiger charge is -2.42. The van der Waals surface area contributed by atoms with Gasteiger partial charge in [-0.15, -0.1) is 0 Å². The minimum atomic E-state index is -0.223. The van der Waals surface area contributed by atoms with Crippen LogP contribution in [0.4, 0.5) is 0 Å². The van der Waals surface area contributed by atoms with E-state index in [9.17, 15) is 4.79 Å². The number of hydrogen-bond acceptors (Lipinski definition) is 3. The number of likely N-dealkylation sites (tertiary alicyclic amines) is 1. The molecular weight excluding hydrogens is 238 g/mol. The van der Waals surface area contributed by atoms with E-state index in [4.69, 9.17) is 5.73 Å². The molecule has 1 aliphatic carbocycles. The van der Waals surface area contributed by atoms with Crippen LogP contribution in [0.5, 0.6) is 0 Å². The van der Waals surface area contributed by atoms with Crippen molar-refractivity contribution in [2.45, 2.75) is 58.0 Å². The summed E-state index contributed by atoms with van der Waals surface area (Å²) in [5.74, 6) is 1.57. The fourth-order valence-corrected chi connectivity index (χ4v) is 3.73. The predicted octanol–water partition coefficient (Wildman–Crippen LogP) is 1.35. The number of amides is 1. The van der Waals surface area contributed by atoms with Gasteiger partial charge in [-0.2, -0.15) is 0 Å². The van der Waals surface area contributed by atoms with Crippen molar-refractivity contribution in [1.82, 2.24) is 10.2 Å². The summed E-state index contributed by atoms with van der Waals surface area (Å²) in [6, 6.07) is 0.0878. The van der Waals surface area contributed by atoms with Gasteiger partial charge in [0, 0.05) is 19.1 Å². The van der Waals surface area contributed by atoms with E-state index in [0.717, 1.165) is 31.5 Å². The van der Waals surface area contributed by atoms with Crippen LogP contribution in [-0.2, 0) is 4.79 Å². The van der Waals surface area contributed by atoms with Gasteiger partial charge in [0.25, 0.3) is 0 Å². The van der Waals surface area contributed by atoms with Crippen molar-refractivity contribution < 1.29 is 4.79 Å². The third kappa shape index (κ3) is 4.18. The lowest BCUT2D eigenvalue weighted by molar-refractivity contribution is -0.120. The van der Waals surface area contributed by atoms with Crippen LogP contribution in [0.3, 0.4) is 0 Å². The maximum absolute atomic E-state index is 11.5. The Morgan fingerprint density at radius 1 is 1.26 bits per heavy atom.